The molecule has 0 radical (unpaired) electrons. The summed E-state index contributed by atoms with van der Waals surface area (Å²) in [7, 11) is 0. The summed E-state index contributed by atoms with van der Waals surface area (Å²) in [6, 6.07) is 23.3. The van der Waals surface area contributed by atoms with E-state index >= 15 is 0 Å². The summed E-state index contributed by atoms with van der Waals surface area (Å²) in [4.78, 5) is 10.9. The van der Waals surface area contributed by atoms with Gasteiger partial charge in [0.05, 0.1) is 0 Å². The molecule has 1 N–H and O–H groups in total. The lowest BCUT2D eigenvalue weighted by molar-refractivity contribution is -0.136. The van der Waals surface area contributed by atoms with Gasteiger partial charge in [-0.3, -0.25) is 4.79 Å². The number of aryl methyl sites for hydroxylation is 2. The van der Waals surface area contributed by atoms with Gasteiger partial charge in [-0.1, -0.05) is 66.2 Å². The number of hydrogen-bond acceptors (Lipinski definition) is 2. The zero-order chi connectivity index (χ0) is 20.1. The second-order valence-corrected chi connectivity index (χ2v) is 6.11. The van der Waals surface area contributed by atoms with Gasteiger partial charge in [0, 0.05) is 9.11 Å². The highest BCUT2D eigenvalue weighted by Gasteiger charge is 2.06. The summed E-state index contributed by atoms with van der Waals surface area (Å²) < 4.78 is 20.9. The Hall–Kier alpha value is -3.07. The topological polar surface area (TPSA) is 46.5 Å². The maximum absolute atomic E-state index is 10.9. The first-order chi connectivity index (χ1) is 13.3. The van der Waals surface area contributed by atoms with E-state index in [9.17, 15) is 4.79 Å². The van der Waals surface area contributed by atoms with Crippen LogP contribution in [0.2, 0.25) is 0 Å². The van der Waals surface area contributed by atoms with Gasteiger partial charge in [0.1, 0.15) is 12.4 Å². The minimum absolute atomic E-state index is 0.182. The van der Waals surface area contributed by atoms with Gasteiger partial charge < -0.3 is 9.84 Å². The predicted octanol–water partition coefficient (Wildman–Crippen LogP) is 5.26. The van der Waals surface area contributed by atoms with Crippen LogP contribution >= 0.6 is 0 Å². The molecule has 0 bridgehead atoms. The molecule has 0 aliphatic carbocycles. The van der Waals surface area contributed by atoms with E-state index in [2.05, 4.69) is 37.3 Å². The van der Waals surface area contributed by atoms with Gasteiger partial charge in [-0.25, -0.2) is 0 Å². The molecule has 0 fully saturated rings. The molecule has 3 heteroatoms. The number of ether oxygens (including phenoxy) is 1. The van der Waals surface area contributed by atoms with E-state index in [1.807, 2.05) is 18.2 Å². The van der Waals surface area contributed by atoms with Crippen molar-refractivity contribution in [3.8, 4) is 16.9 Å². The zero-order valence-electron chi connectivity index (χ0n) is 16.6. The van der Waals surface area contributed by atoms with E-state index in [0.29, 0.717) is 17.9 Å². The molecule has 0 saturated carbocycles. The fourth-order valence-electron chi connectivity index (χ4n) is 2.70. The number of aliphatic carboxylic acids is 1. The zero-order valence-corrected chi connectivity index (χ0v) is 14.6. The minimum atomic E-state index is -2.28. The van der Waals surface area contributed by atoms with Crippen molar-refractivity contribution in [1.29, 1.82) is 0 Å². The summed E-state index contributed by atoms with van der Waals surface area (Å²) in [5.41, 5.74) is 5.15. The fraction of sp³-hybridized carbons (Fsp3) is 0.174. The lowest BCUT2D eigenvalue weighted by Gasteiger charge is -2.12. The minimum Gasteiger partial charge on any atom is -0.489 e. The molecule has 3 aromatic carbocycles. The highest BCUT2D eigenvalue weighted by Crippen LogP contribution is 2.25. The van der Waals surface area contributed by atoms with E-state index in [0.717, 1.165) is 16.7 Å². The molecule has 0 atom stereocenters. The van der Waals surface area contributed by atoms with Crippen LogP contribution in [0.4, 0.5) is 0 Å². The smallest absolute Gasteiger partial charge is 0.303 e. The van der Waals surface area contributed by atoms with Crippen molar-refractivity contribution in [2.75, 3.05) is 0 Å². The Bertz CT molecular complexity index is 948. The van der Waals surface area contributed by atoms with Crippen molar-refractivity contribution in [1.82, 2.24) is 0 Å². The lowest BCUT2D eigenvalue weighted by Crippen LogP contribution is -1.99. The molecule has 0 amide bonds. The number of carboxylic acid groups (broad SMARTS) is 1. The van der Waals surface area contributed by atoms with E-state index in [1.165, 1.54) is 5.56 Å². The molecule has 3 rings (SSSR count). The van der Waals surface area contributed by atoms with Crippen molar-refractivity contribution in [2.45, 2.75) is 26.3 Å². The molecule has 0 unspecified atom stereocenters. The molecule has 0 saturated heterocycles. The number of carboxylic acids is 1. The van der Waals surface area contributed by atoms with Crippen LogP contribution in [0.25, 0.3) is 11.1 Å². The Balaban J connectivity index is 1.70. The summed E-state index contributed by atoms with van der Waals surface area (Å²) in [5.74, 6) is -0.807. The summed E-state index contributed by atoms with van der Waals surface area (Å²) in [6.45, 7) is 2.46. The van der Waals surface area contributed by atoms with Crippen molar-refractivity contribution >= 4 is 5.97 Å². The quantitative estimate of drug-likeness (QED) is 0.633. The number of benzene rings is 3. The Labute approximate surface area is 156 Å². The number of carbonyl (C=O) groups is 1. The molecule has 0 aliphatic rings. The standard InChI is InChI=1S/C23H22O3/c1-17-6-11-19(12-7-17)22-5-3-2-4-20(22)16-26-21-13-8-18(9-14-21)10-15-23(24)25/h2-9,11-14H,10,15-16H2,1H3,(H,24,25)/i15D2. The maximum atomic E-state index is 10.9. The average Bonchev–Trinajstić information content (AvgIpc) is 2.68. The highest BCUT2D eigenvalue weighted by atomic mass is 16.5. The monoisotopic (exact) mass is 348 g/mol. The van der Waals surface area contributed by atoms with Gasteiger partial charge in [0.25, 0.3) is 0 Å². The van der Waals surface area contributed by atoms with Crippen LogP contribution in [-0.2, 0) is 17.8 Å². The lowest BCUT2D eigenvalue weighted by atomic mass is 9.99. The summed E-state index contributed by atoms with van der Waals surface area (Å²) >= 11 is 0. The Morgan fingerprint density at radius 1 is 1.00 bits per heavy atom. The first-order valence-corrected chi connectivity index (χ1v) is 8.45. The Morgan fingerprint density at radius 2 is 1.69 bits per heavy atom. The summed E-state index contributed by atoms with van der Waals surface area (Å²) in [6.07, 6.45) is -2.46. The van der Waals surface area contributed by atoms with Gasteiger partial charge in [-0.15, -0.1) is 0 Å². The molecular formula is C23H22O3. The van der Waals surface area contributed by atoms with Crippen molar-refractivity contribution < 1.29 is 17.4 Å². The van der Waals surface area contributed by atoms with Gasteiger partial charge in [0.2, 0.25) is 0 Å². The molecular weight excluding hydrogens is 324 g/mol. The SMILES string of the molecule is [2H]C([2H])(Cc1ccc(OCc2ccccc2-c2ccc(C)cc2)cc1)C(=O)O. The van der Waals surface area contributed by atoms with E-state index in [4.69, 9.17) is 12.6 Å². The van der Waals surface area contributed by atoms with Crippen LogP contribution < -0.4 is 4.74 Å². The third kappa shape index (κ3) is 4.73. The third-order valence-electron chi connectivity index (χ3n) is 4.14. The van der Waals surface area contributed by atoms with Gasteiger partial charge in [-0.2, -0.15) is 0 Å². The van der Waals surface area contributed by atoms with Crippen LogP contribution in [0.15, 0.2) is 72.8 Å². The van der Waals surface area contributed by atoms with Gasteiger partial charge >= 0.3 is 5.97 Å². The van der Waals surface area contributed by atoms with Crippen molar-refractivity contribution in [3.63, 3.8) is 0 Å². The molecule has 3 aromatic rings. The van der Waals surface area contributed by atoms with Crippen molar-refractivity contribution in [3.05, 3.63) is 89.5 Å². The Morgan fingerprint density at radius 3 is 2.38 bits per heavy atom. The first kappa shape index (κ1) is 15.2. The van der Waals surface area contributed by atoms with Gasteiger partial charge in [0.15, 0.2) is 0 Å². The van der Waals surface area contributed by atoms with Crippen LogP contribution in [-0.4, -0.2) is 11.1 Å². The van der Waals surface area contributed by atoms with Gasteiger partial charge in [-0.05, 0) is 47.7 Å². The van der Waals surface area contributed by atoms with Crippen LogP contribution in [0.1, 0.15) is 25.8 Å². The van der Waals surface area contributed by atoms with E-state index in [-0.39, 0.29) is 6.42 Å². The maximum Gasteiger partial charge on any atom is 0.303 e. The largest absolute Gasteiger partial charge is 0.489 e. The normalized spacial score (nSPS) is 12.2. The molecule has 132 valence electrons. The van der Waals surface area contributed by atoms with Crippen molar-refractivity contribution in [2.24, 2.45) is 0 Å². The first-order valence-electron chi connectivity index (χ1n) is 9.45. The predicted molar refractivity (Wildman–Crippen MR) is 103 cm³/mol. The van der Waals surface area contributed by atoms with E-state index < -0.39 is 12.3 Å². The summed E-state index contributed by atoms with van der Waals surface area (Å²) in [5, 5.41) is 8.90. The molecule has 26 heavy (non-hydrogen) atoms. The second-order valence-electron chi connectivity index (χ2n) is 6.11. The molecule has 0 heterocycles. The third-order valence-corrected chi connectivity index (χ3v) is 4.14. The van der Waals surface area contributed by atoms with Crippen LogP contribution in [0.5, 0.6) is 5.75 Å². The molecule has 0 spiro atoms. The number of rotatable bonds is 7. The molecule has 0 aliphatic heterocycles. The molecule has 3 nitrogen and oxygen atoms in total. The molecule has 0 aromatic heterocycles. The fourth-order valence-corrected chi connectivity index (χ4v) is 2.70. The number of hydrogen-bond donors (Lipinski definition) is 1. The van der Waals surface area contributed by atoms with E-state index in [1.54, 1.807) is 24.3 Å². The Kier molecular flexibility index (Phi) is 4.88. The second kappa shape index (κ2) is 8.34. The van der Waals surface area contributed by atoms with Crippen LogP contribution in [0, 0.1) is 6.92 Å². The average molecular weight is 348 g/mol. The highest BCUT2D eigenvalue weighted by molar-refractivity contribution is 5.67. The van der Waals surface area contributed by atoms with Crippen LogP contribution in [0.3, 0.4) is 0 Å².